The summed E-state index contributed by atoms with van der Waals surface area (Å²) < 4.78 is 12.8. The first kappa shape index (κ1) is 19.1. The van der Waals surface area contributed by atoms with Crippen LogP contribution in [0.4, 0.5) is 0 Å². The van der Waals surface area contributed by atoms with E-state index >= 15 is 0 Å². The van der Waals surface area contributed by atoms with E-state index in [1.807, 2.05) is 20.0 Å². The van der Waals surface area contributed by atoms with E-state index in [0.717, 1.165) is 28.8 Å². The molecule has 150 valence electrons. The molecule has 2 atom stereocenters. The predicted octanol–water partition coefficient (Wildman–Crippen LogP) is 3.05. The van der Waals surface area contributed by atoms with Gasteiger partial charge in [-0.1, -0.05) is 6.07 Å². The molecule has 0 N–H and O–H groups in total. The molecule has 0 aliphatic heterocycles. The van der Waals surface area contributed by atoms with Crippen LogP contribution in [0.1, 0.15) is 29.4 Å². The molecule has 0 aromatic carbocycles. The Morgan fingerprint density at radius 1 is 1.21 bits per heavy atom. The summed E-state index contributed by atoms with van der Waals surface area (Å²) in [6, 6.07) is 5.88. The van der Waals surface area contributed by atoms with Crippen LogP contribution in [-0.2, 0) is 7.05 Å². The number of hydrogen-bond donors (Lipinski definition) is 0. The largest absolute Gasteiger partial charge is 0.491 e. The molecule has 1 aliphatic carbocycles. The lowest BCUT2D eigenvalue weighted by atomic mass is 10.1. The Morgan fingerprint density at radius 2 is 2.03 bits per heavy atom. The van der Waals surface area contributed by atoms with Gasteiger partial charge in [0.25, 0.3) is 5.56 Å². The zero-order chi connectivity index (χ0) is 20.5. The molecule has 7 nitrogen and oxygen atoms in total. The summed E-state index contributed by atoms with van der Waals surface area (Å²) in [6.07, 6.45) is 6.43. The van der Waals surface area contributed by atoms with Gasteiger partial charge in [0.15, 0.2) is 5.75 Å². The molecule has 4 rings (SSSR count). The van der Waals surface area contributed by atoms with Crippen LogP contribution in [0.2, 0.25) is 0 Å². The molecule has 3 aromatic heterocycles. The maximum atomic E-state index is 12.1. The SMILES string of the molecule is COc1cc(-c2cnc(C)nc2OC[C@H]2CC2c2ccc(C)cn2)cn(C)c1=O. The van der Waals surface area contributed by atoms with Crippen molar-refractivity contribution in [1.29, 1.82) is 0 Å². The molecule has 1 saturated carbocycles. The molecular weight excluding hydrogens is 368 g/mol. The van der Waals surface area contributed by atoms with Crippen LogP contribution >= 0.6 is 0 Å². The van der Waals surface area contributed by atoms with Gasteiger partial charge in [0.2, 0.25) is 5.88 Å². The van der Waals surface area contributed by atoms with Crippen LogP contribution in [-0.4, -0.2) is 33.2 Å². The van der Waals surface area contributed by atoms with E-state index in [9.17, 15) is 4.79 Å². The van der Waals surface area contributed by atoms with Crippen LogP contribution in [0.3, 0.4) is 0 Å². The highest BCUT2D eigenvalue weighted by Gasteiger charge is 2.40. The summed E-state index contributed by atoms with van der Waals surface area (Å²) in [5, 5.41) is 0. The van der Waals surface area contributed by atoms with Crippen molar-refractivity contribution in [3.63, 3.8) is 0 Å². The lowest BCUT2D eigenvalue weighted by Gasteiger charge is -2.13. The van der Waals surface area contributed by atoms with Gasteiger partial charge in [-0.3, -0.25) is 9.78 Å². The molecule has 3 aromatic rings. The Bertz CT molecular complexity index is 1090. The highest BCUT2D eigenvalue weighted by Crippen LogP contribution is 2.47. The third kappa shape index (κ3) is 3.99. The van der Waals surface area contributed by atoms with Crippen LogP contribution < -0.4 is 15.0 Å². The Morgan fingerprint density at radius 3 is 2.76 bits per heavy atom. The van der Waals surface area contributed by atoms with E-state index in [2.05, 4.69) is 27.1 Å². The second kappa shape index (κ2) is 7.66. The van der Waals surface area contributed by atoms with E-state index in [-0.39, 0.29) is 11.3 Å². The minimum Gasteiger partial charge on any atom is -0.491 e. The molecular formula is C22H24N4O3. The zero-order valence-electron chi connectivity index (χ0n) is 17.0. The fourth-order valence-electron chi connectivity index (χ4n) is 3.41. The van der Waals surface area contributed by atoms with Gasteiger partial charge in [-0.2, -0.15) is 4.98 Å². The van der Waals surface area contributed by atoms with E-state index in [0.29, 0.717) is 30.1 Å². The summed E-state index contributed by atoms with van der Waals surface area (Å²) >= 11 is 0. The highest BCUT2D eigenvalue weighted by atomic mass is 16.5. The van der Waals surface area contributed by atoms with Crippen molar-refractivity contribution >= 4 is 0 Å². The Hall–Kier alpha value is -3.22. The van der Waals surface area contributed by atoms with Crippen molar-refractivity contribution in [3.8, 4) is 22.8 Å². The topological polar surface area (TPSA) is 79.1 Å². The quantitative estimate of drug-likeness (QED) is 0.642. The number of aryl methyl sites for hydroxylation is 3. The number of aromatic nitrogens is 4. The van der Waals surface area contributed by atoms with Crippen LogP contribution in [0.15, 0.2) is 41.6 Å². The molecule has 0 saturated heterocycles. The van der Waals surface area contributed by atoms with Crippen molar-refractivity contribution in [2.45, 2.75) is 26.2 Å². The molecule has 0 amide bonds. The van der Waals surface area contributed by atoms with Crippen LogP contribution in [0, 0.1) is 19.8 Å². The predicted molar refractivity (Wildman–Crippen MR) is 109 cm³/mol. The van der Waals surface area contributed by atoms with Crippen LogP contribution in [0.5, 0.6) is 11.6 Å². The first-order chi connectivity index (χ1) is 14.0. The third-order valence-electron chi connectivity index (χ3n) is 5.23. The van der Waals surface area contributed by atoms with E-state index in [4.69, 9.17) is 9.47 Å². The Balaban J connectivity index is 1.55. The molecule has 1 fully saturated rings. The summed E-state index contributed by atoms with van der Waals surface area (Å²) in [5.74, 6) is 2.26. The van der Waals surface area contributed by atoms with Crippen molar-refractivity contribution in [2.75, 3.05) is 13.7 Å². The van der Waals surface area contributed by atoms with Crippen molar-refractivity contribution < 1.29 is 9.47 Å². The maximum absolute atomic E-state index is 12.1. The van der Waals surface area contributed by atoms with E-state index in [1.54, 1.807) is 25.5 Å². The van der Waals surface area contributed by atoms with Gasteiger partial charge in [0.1, 0.15) is 5.82 Å². The number of ether oxygens (including phenoxy) is 2. The monoisotopic (exact) mass is 392 g/mol. The van der Waals surface area contributed by atoms with Crippen molar-refractivity contribution in [1.82, 2.24) is 19.5 Å². The average Bonchev–Trinajstić information content (AvgIpc) is 3.49. The number of nitrogens with zero attached hydrogens (tertiary/aromatic N) is 4. The van der Waals surface area contributed by atoms with Gasteiger partial charge in [0, 0.05) is 48.7 Å². The molecule has 0 radical (unpaired) electrons. The maximum Gasteiger partial charge on any atom is 0.292 e. The molecule has 29 heavy (non-hydrogen) atoms. The average molecular weight is 392 g/mol. The Kier molecular flexibility index (Phi) is 5.05. The van der Waals surface area contributed by atoms with Crippen molar-refractivity contribution in [3.05, 3.63) is 64.2 Å². The fraction of sp³-hybridized carbons (Fsp3) is 0.364. The summed E-state index contributed by atoms with van der Waals surface area (Å²) in [7, 11) is 3.17. The number of hydrogen-bond acceptors (Lipinski definition) is 6. The van der Waals surface area contributed by atoms with E-state index in [1.165, 1.54) is 11.7 Å². The zero-order valence-corrected chi connectivity index (χ0v) is 17.0. The lowest BCUT2D eigenvalue weighted by molar-refractivity contribution is 0.285. The van der Waals surface area contributed by atoms with Gasteiger partial charge in [-0.25, -0.2) is 4.98 Å². The Labute approximate surface area is 169 Å². The molecule has 0 spiro atoms. The molecule has 3 heterocycles. The smallest absolute Gasteiger partial charge is 0.292 e. The van der Waals surface area contributed by atoms with Gasteiger partial charge < -0.3 is 14.0 Å². The van der Waals surface area contributed by atoms with Crippen LogP contribution in [0.25, 0.3) is 11.1 Å². The summed E-state index contributed by atoms with van der Waals surface area (Å²) in [5.41, 5.74) is 3.59. The van der Waals surface area contributed by atoms with Gasteiger partial charge >= 0.3 is 0 Å². The first-order valence-electron chi connectivity index (χ1n) is 9.60. The van der Waals surface area contributed by atoms with Gasteiger partial charge in [0.05, 0.1) is 19.3 Å². The fourth-order valence-corrected chi connectivity index (χ4v) is 3.41. The minimum absolute atomic E-state index is 0.196. The summed E-state index contributed by atoms with van der Waals surface area (Å²) in [4.78, 5) is 25.4. The second-order valence-corrected chi connectivity index (χ2v) is 7.52. The molecule has 7 heteroatoms. The van der Waals surface area contributed by atoms with Gasteiger partial charge in [-0.05, 0) is 38.0 Å². The normalized spacial score (nSPS) is 17.8. The van der Waals surface area contributed by atoms with E-state index < -0.39 is 0 Å². The molecule has 1 unspecified atom stereocenters. The first-order valence-corrected chi connectivity index (χ1v) is 9.60. The third-order valence-corrected chi connectivity index (χ3v) is 5.23. The number of methoxy groups -OCH3 is 1. The lowest BCUT2D eigenvalue weighted by Crippen LogP contribution is -2.18. The minimum atomic E-state index is -0.196. The van der Waals surface area contributed by atoms with Crippen molar-refractivity contribution in [2.24, 2.45) is 13.0 Å². The standard InChI is InChI=1S/C22H24N4O3/c1-13-5-6-19(24-9-13)17-7-16(17)12-29-21-18(10-23-14(2)25-21)15-8-20(28-4)22(27)26(3)11-15/h5-6,8-11,16-17H,7,12H2,1-4H3/t16-,17?/m1/s1. The number of pyridine rings is 2. The summed E-state index contributed by atoms with van der Waals surface area (Å²) in [6.45, 7) is 4.43. The molecule has 0 bridgehead atoms. The second-order valence-electron chi connectivity index (χ2n) is 7.52. The number of rotatable bonds is 6. The molecule has 1 aliphatic rings. The highest BCUT2D eigenvalue weighted by molar-refractivity contribution is 5.68. The van der Waals surface area contributed by atoms with Gasteiger partial charge in [-0.15, -0.1) is 0 Å².